The molecule has 1 saturated heterocycles. The van der Waals surface area contributed by atoms with Crippen LogP contribution in [0, 0.1) is 5.82 Å². The van der Waals surface area contributed by atoms with E-state index < -0.39 is 0 Å². The number of benzene rings is 1. The predicted octanol–water partition coefficient (Wildman–Crippen LogP) is 2.82. The van der Waals surface area contributed by atoms with Crippen molar-refractivity contribution >= 4 is 6.08 Å². The normalized spacial score (nSPS) is 17.0. The quantitative estimate of drug-likeness (QED) is 0.820. The summed E-state index contributed by atoms with van der Waals surface area (Å²) in [6.45, 7) is 2.89. The first kappa shape index (κ1) is 17.5. The monoisotopic (exact) mass is 342 g/mol. The minimum absolute atomic E-state index is 0.0604. The number of aliphatic hydroxyl groups is 1. The molecule has 5 nitrogen and oxygen atoms in total. The fraction of sp³-hybridized carbons (Fsp3) is 0.368. The van der Waals surface area contributed by atoms with Crippen molar-refractivity contribution in [1.82, 2.24) is 19.9 Å². The molecule has 0 atom stereocenters. The molecule has 25 heavy (non-hydrogen) atoms. The molecule has 0 saturated carbocycles. The Morgan fingerprint density at radius 1 is 1.16 bits per heavy atom. The van der Waals surface area contributed by atoms with Gasteiger partial charge in [-0.15, -0.1) is 5.10 Å². The molecule has 0 radical (unpaired) electrons. The van der Waals surface area contributed by atoms with Crippen LogP contribution in [0.15, 0.2) is 48.7 Å². The summed E-state index contributed by atoms with van der Waals surface area (Å²) in [6.07, 6.45) is 12.0. The Kier molecular flexibility index (Phi) is 6.09. The van der Waals surface area contributed by atoms with Gasteiger partial charge >= 0.3 is 0 Å². The maximum atomic E-state index is 12.8. The Bertz CT molecular complexity index is 715. The topological polar surface area (TPSA) is 54.2 Å². The van der Waals surface area contributed by atoms with Crippen LogP contribution in [0.25, 0.3) is 6.08 Å². The minimum Gasteiger partial charge on any atom is -0.390 e. The molecular formula is C19H23FN4O. The van der Waals surface area contributed by atoms with E-state index in [1.165, 1.54) is 12.1 Å². The zero-order valence-corrected chi connectivity index (χ0v) is 14.1. The molecule has 2 aromatic rings. The van der Waals surface area contributed by atoms with Gasteiger partial charge in [0, 0.05) is 19.6 Å². The molecule has 0 bridgehead atoms. The predicted molar refractivity (Wildman–Crippen MR) is 95.2 cm³/mol. The van der Waals surface area contributed by atoms with Crippen LogP contribution in [0.4, 0.5) is 4.39 Å². The second-order valence-electron chi connectivity index (χ2n) is 6.22. The molecule has 1 N–H and O–H groups in total. The lowest BCUT2D eigenvalue weighted by atomic mass is 10.1. The molecule has 0 unspecified atom stereocenters. The van der Waals surface area contributed by atoms with E-state index in [0.29, 0.717) is 11.7 Å². The van der Waals surface area contributed by atoms with Crippen LogP contribution in [0.3, 0.4) is 0 Å². The summed E-state index contributed by atoms with van der Waals surface area (Å²) in [7, 11) is 0. The van der Waals surface area contributed by atoms with Gasteiger partial charge < -0.3 is 5.11 Å². The van der Waals surface area contributed by atoms with Gasteiger partial charge in [0.2, 0.25) is 0 Å². The largest absolute Gasteiger partial charge is 0.390 e. The number of rotatable bonds is 6. The summed E-state index contributed by atoms with van der Waals surface area (Å²) < 4.78 is 14.7. The summed E-state index contributed by atoms with van der Waals surface area (Å²) in [5, 5.41) is 17.1. The summed E-state index contributed by atoms with van der Waals surface area (Å²) >= 11 is 0. The zero-order valence-electron chi connectivity index (χ0n) is 14.1. The molecule has 6 heteroatoms. The summed E-state index contributed by atoms with van der Waals surface area (Å²) in [4.78, 5) is 2.41. The highest BCUT2D eigenvalue weighted by molar-refractivity contribution is 5.50. The molecule has 0 spiro atoms. The van der Waals surface area contributed by atoms with Crippen molar-refractivity contribution in [3.63, 3.8) is 0 Å². The molecule has 1 aliphatic rings. The van der Waals surface area contributed by atoms with Gasteiger partial charge in [-0.1, -0.05) is 41.7 Å². The van der Waals surface area contributed by atoms with Gasteiger partial charge in [0.25, 0.3) is 0 Å². The number of nitrogens with zero attached hydrogens (tertiary/aromatic N) is 4. The third-order valence-corrected chi connectivity index (χ3v) is 4.42. The van der Waals surface area contributed by atoms with E-state index in [4.69, 9.17) is 5.11 Å². The van der Waals surface area contributed by atoms with Crippen LogP contribution in [0.5, 0.6) is 0 Å². The van der Waals surface area contributed by atoms with E-state index in [-0.39, 0.29) is 12.4 Å². The number of piperidine rings is 1. The Hall–Kier alpha value is -2.31. The SMILES string of the molecule is OCc1cn(C2CCN(CC=CC=Cc3ccc(F)cc3)CC2)nn1. The number of allylic oxidation sites excluding steroid dienone is 2. The van der Waals surface area contributed by atoms with E-state index in [9.17, 15) is 4.39 Å². The average Bonchev–Trinajstić information content (AvgIpc) is 3.13. The van der Waals surface area contributed by atoms with Gasteiger partial charge in [0.05, 0.1) is 18.8 Å². The van der Waals surface area contributed by atoms with Crippen LogP contribution in [-0.4, -0.2) is 44.6 Å². The van der Waals surface area contributed by atoms with Crippen molar-refractivity contribution in [2.75, 3.05) is 19.6 Å². The number of halogens is 1. The van der Waals surface area contributed by atoms with Crippen molar-refractivity contribution in [3.8, 4) is 0 Å². The van der Waals surface area contributed by atoms with Crippen LogP contribution in [0.1, 0.15) is 30.1 Å². The first-order valence-electron chi connectivity index (χ1n) is 8.57. The van der Waals surface area contributed by atoms with Crippen molar-refractivity contribution in [3.05, 3.63) is 65.8 Å². The van der Waals surface area contributed by atoms with Gasteiger partial charge in [-0.3, -0.25) is 4.90 Å². The average molecular weight is 342 g/mol. The van der Waals surface area contributed by atoms with Crippen molar-refractivity contribution < 1.29 is 9.50 Å². The number of aromatic nitrogens is 3. The molecule has 2 heterocycles. The lowest BCUT2D eigenvalue weighted by Gasteiger charge is -2.30. The summed E-state index contributed by atoms with van der Waals surface area (Å²) in [5.74, 6) is -0.213. The Labute approximate surface area is 147 Å². The molecule has 1 aromatic carbocycles. The Morgan fingerprint density at radius 2 is 1.92 bits per heavy atom. The van der Waals surface area contributed by atoms with Gasteiger partial charge in [-0.25, -0.2) is 9.07 Å². The van der Waals surface area contributed by atoms with E-state index in [0.717, 1.165) is 38.0 Å². The highest BCUT2D eigenvalue weighted by atomic mass is 19.1. The third-order valence-electron chi connectivity index (χ3n) is 4.42. The molecule has 3 rings (SSSR count). The van der Waals surface area contributed by atoms with Crippen molar-refractivity contribution in [2.45, 2.75) is 25.5 Å². The number of hydrogen-bond acceptors (Lipinski definition) is 4. The lowest BCUT2D eigenvalue weighted by molar-refractivity contribution is 0.193. The fourth-order valence-corrected chi connectivity index (χ4v) is 2.96. The van der Waals surface area contributed by atoms with Gasteiger partial charge in [-0.05, 0) is 30.5 Å². The van der Waals surface area contributed by atoms with Crippen LogP contribution >= 0.6 is 0 Å². The lowest BCUT2D eigenvalue weighted by Crippen LogP contribution is -2.34. The first-order chi connectivity index (χ1) is 12.2. The molecule has 1 aromatic heterocycles. The molecule has 132 valence electrons. The summed E-state index contributed by atoms with van der Waals surface area (Å²) in [5.41, 5.74) is 1.61. The van der Waals surface area contributed by atoms with E-state index in [2.05, 4.69) is 21.3 Å². The first-order valence-corrected chi connectivity index (χ1v) is 8.57. The number of hydrogen-bond donors (Lipinski definition) is 1. The van der Waals surface area contributed by atoms with Crippen LogP contribution < -0.4 is 0 Å². The van der Waals surface area contributed by atoms with Crippen molar-refractivity contribution in [2.24, 2.45) is 0 Å². The zero-order chi connectivity index (χ0) is 17.5. The standard InChI is InChI=1S/C19H23FN4O/c20-17-7-5-16(6-8-17)4-2-1-3-11-23-12-9-19(10-13-23)24-14-18(15-25)21-22-24/h1-8,14,19,25H,9-13,15H2. The van der Waals surface area contributed by atoms with Gasteiger partial charge in [0.15, 0.2) is 0 Å². The van der Waals surface area contributed by atoms with Crippen molar-refractivity contribution in [1.29, 1.82) is 0 Å². The number of aliphatic hydroxyl groups excluding tert-OH is 1. The third kappa shape index (κ3) is 5.08. The Morgan fingerprint density at radius 3 is 2.60 bits per heavy atom. The number of likely N-dealkylation sites (tertiary alicyclic amines) is 1. The van der Waals surface area contributed by atoms with Crippen LogP contribution in [-0.2, 0) is 6.61 Å². The highest BCUT2D eigenvalue weighted by Crippen LogP contribution is 2.21. The fourth-order valence-electron chi connectivity index (χ4n) is 2.96. The highest BCUT2D eigenvalue weighted by Gasteiger charge is 2.20. The maximum Gasteiger partial charge on any atom is 0.123 e. The molecule has 0 amide bonds. The maximum absolute atomic E-state index is 12.8. The Balaban J connectivity index is 1.40. The minimum atomic E-state index is -0.213. The van der Waals surface area contributed by atoms with Gasteiger partial charge in [0.1, 0.15) is 11.5 Å². The summed E-state index contributed by atoms with van der Waals surface area (Å²) in [6, 6.07) is 6.82. The van der Waals surface area contributed by atoms with E-state index in [1.807, 2.05) is 29.1 Å². The molecule has 0 aliphatic carbocycles. The molecule has 1 aliphatic heterocycles. The van der Waals surface area contributed by atoms with Gasteiger partial charge in [-0.2, -0.15) is 0 Å². The van der Waals surface area contributed by atoms with Crippen LogP contribution in [0.2, 0.25) is 0 Å². The second-order valence-corrected chi connectivity index (χ2v) is 6.22. The second kappa shape index (κ2) is 8.69. The van der Waals surface area contributed by atoms with E-state index >= 15 is 0 Å². The van der Waals surface area contributed by atoms with E-state index in [1.54, 1.807) is 12.1 Å². The molecular weight excluding hydrogens is 319 g/mol. The molecule has 1 fully saturated rings. The smallest absolute Gasteiger partial charge is 0.123 e.